The van der Waals surface area contributed by atoms with Crippen LogP contribution in [0, 0.1) is 6.92 Å². The zero-order valence-corrected chi connectivity index (χ0v) is 11.0. The van der Waals surface area contributed by atoms with E-state index in [9.17, 15) is 4.79 Å². The molecule has 18 heavy (non-hydrogen) atoms. The van der Waals surface area contributed by atoms with Gasteiger partial charge in [-0.3, -0.25) is 4.79 Å². The number of ketones is 1. The van der Waals surface area contributed by atoms with Crippen LogP contribution >= 0.6 is 0 Å². The van der Waals surface area contributed by atoms with Crippen molar-refractivity contribution in [2.24, 2.45) is 0 Å². The van der Waals surface area contributed by atoms with Crippen molar-refractivity contribution in [1.82, 2.24) is 0 Å². The van der Waals surface area contributed by atoms with E-state index in [4.69, 9.17) is 4.74 Å². The van der Waals surface area contributed by atoms with Gasteiger partial charge in [-0.15, -0.1) is 0 Å². The standard InChI is InChI=1S/C8H10O.C8H8O/c1-7-3-5-8(9-2)6-4-7;1-7(9)8-5-3-2-4-6-8/h3-6H,1-2H3;2-6H,1H3. The predicted molar refractivity (Wildman–Crippen MR) is 74.2 cm³/mol. The molecular weight excluding hydrogens is 224 g/mol. The Hall–Kier alpha value is -2.09. The highest BCUT2D eigenvalue weighted by Gasteiger charge is 1.92. The van der Waals surface area contributed by atoms with Crippen LogP contribution in [-0.4, -0.2) is 12.9 Å². The summed E-state index contributed by atoms with van der Waals surface area (Å²) in [6, 6.07) is 17.2. The molecule has 2 aromatic carbocycles. The van der Waals surface area contributed by atoms with Gasteiger partial charge in [-0.05, 0) is 26.0 Å². The van der Waals surface area contributed by atoms with E-state index >= 15 is 0 Å². The summed E-state index contributed by atoms with van der Waals surface area (Å²) >= 11 is 0. The summed E-state index contributed by atoms with van der Waals surface area (Å²) in [4.78, 5) is 10.6. The molecule has 0 atom stereocenters. The first-order valence-corrected chi connectivity index (χ1v) is 5.80. The molecule has 0 aliphatic rings. The van der Waals surface area contributed by atoms with Gasteiger partial charge in [-0.25, -0.2) is 0 Å². The molecule has 2 heteroatoms. The van der Waals surface area contributed by atoms with Crippen LogP contribution in [0.1, 0.15) is 22.8 Å². The zero-order chi connectivity index (χ0) is 13.4. The molecule has 0 aliphatic carbocycles. The van der Waals surface area contributed by atoms with Crippen LogP contribution in [-0.2, 0) is 0 Å². The number of Topliss-reactive ketones (excluding diaryl/α,β-unsaturated/α-hetero) is 1. The Morgan fingerprint density at radius 3 is 1.89 bits per heavy atom. The smallest absolute Gasteiger partial charge is 0.159 e. The number of benzene rings is 2. The summed E-state index contributed by atoms with van der Waals surface area (Å²) in [6.07, 6.45) is 0. The Labute approximate surface area is 108 Å². The third kappa shape index (κ3) is 4.83. The number of methoxy groups -OCH3 is 1. The maximum absolute atomic E-state index is 10.6. The van der Waals surface area contributed by atoms with Gasteiger partial charge in [0.25, 0.3) is 0 Å². The summed E-state index contributed by atoms with van der Waals surface area (Å²) in [5, 5.41) is 0. The Kier molecular flexibility index (Phi) is 5.65. The van der Waals surface area contributed by atoms with E-state index in [1.165, 1.54) is 5.56 Å². The lowest BCUT2D eigenvalue weighted by atomic mass is 10.2. The fourth-order valence-corrected chi connectivity index (χ4v) is 1.35. The van der Waals surface area contributed by atoms with Crippen LogP contribution in [0.2, 0.25) is 0 Å². The lowest BCUT2D eigenvalue weighted by Gasteiger charge is -1.97. The number of hydrogen-bond donors (Lipinski definition) is 0. The van der Waals surface area contributed by atoms with Gasteiger partial charge in [-0.2, -0.15) is 0 Å². The maximum atomic E-state index is 10.6. The van der Waals surface area contributed by atoms with Gasteiger partial charge in [0.2, 0.25) is 0 Å². The van der Waals surface area contributed by atoms with Crippen LogP contribution in [0.4, 0.5) is 0 Å². The fourth-order valence-electron chi connectivity index (χ4n) is 1.35. The quantitative estimate of drug-likeness (QED) is 0.747. The van der Waals surface area contributed by atoms with Gasteiger partial charge in [0.15, 0.2) is 5.78 Å². The van der Waals surface area contributed by atoms with Gasteiger partial charge < -0.3 is 4.74 Å². The van der Waals surface area contributed by atoms with Crippen LogP contribution < -0.4 is 4.74 Å². The first-order chi connectivity index (χ1) is 8.63. The van der Waals surface area contributed by atoms with Crippen LogP contribution in [0.5, 0.6) is 5.75 Å². The molecule has 0 radical (unpaired) electrons. The van der Waals surface area contributed by atoms with E-state index in [0.29, 0.717) is 0 Å². The Morgan fingerprint density at radius 2 is 1.50 bits per heavy atom. The molecule has 0 saturated heterocycles. The zero-order valence-electron chi connectivity index (χ0n) is 11.0. The average molecular weight is 242 g/mol. The molecular formula is C16H18O2. The maximum Gasteiger partial charge on any atom is 0.159 e. The van der Waals surface area contributed by atoms with Crippen molar-refractivity contribution >= 4 is 5.78 Å². The molecule has 0 aliphatic heterocycles. The molecule has 0 N–H and O–H groups in total. The molecule has 0 heterocycles. The van der Waals surface area contributed by atoms with Crippen LogP contribution in [0.25, 0.3) is 0 Å². The second-order valence-electron chi connectivity index (χ2n) is 3.94. The Bertz CT molecular complexity index is 472. The van der Waals surface area contributed by atoms with Crippen molar-refractivity contribution < 1.29 is 9.53 Å². The molecule has 2 nitrogen and oxygen atoms in total. The van der Waals surface area contributed by atoms with E-state index in [0.717, 1.165) is 11.3 Å². The topological polar surface area (TPSA) is 26.3 Å². The van der Waals surface area contributed by atoms with Crippen LogP contribution in [0.15, 0.2) is 54.6 Å². The molecule has 0 amide bonds. The molecule has 0 aromatic heterocycles. The first kappa shape index (κ1) is 14.0. The van der Waals surface area contributed by atoms with Gasteiger partial charge in [0.1, 0.15) is 5.75 Å². The summed E-state index contributed by atoms with van der Waals surface area (Å²) in [5.41, 5.74) is 2.04. The summed E-state index contributed by atoms with van der Waals surface area (Å²) < 4.78 is 4.97. The minimum atomic E-state index is 0.121. The molecule has 0 unspecified atom stereocenters. The number of aryl methyl sites for hydroxylation is 1. The molecule has 2 rings (SSSR count). The largest absolute Gasteiger partial charge is 0.497 e. The van der Waals surface area contributed by atoms with Crippen molar-refractivity contribution in [2.75, 3.05) is 7.11 Å². The predicted octanol–water partition coefficient (Wildman–Crippen LogP) is 3.89. The number of carbonyl (C=O) groups excluding carboxylic acids is 1. The Balaban J connectivity index is 0.000000180. The summed E-state index contributed by atoms with van der Waals surface area (Å²) in [7, 11) is 1.67. The third-order valence-corrected chi connectivity index (χ3v) is 2.44. The second-order valence-corrected chi connectivity index (χ2v) is 3.94. The van der Waals surface area contributed by atoms with E-state index in [2.05, 4.69) is 6.92 Å². The minimum absolute atomic E-state index is 0.121. The van der Waals surface area contributed by atoms with Crippen LogP contribution in [0.3, 0.4) is 0 Å². The van der Waals surface area contributed by atoms with E-state index < -0.39 is 0 Å². The van der Waals surface area contributed by atoms with Crippen molar-refractivity contribution in [3.05, 3.63) is 65.7 Å². The second kappa shape index (κ2) is 7.28. The Morgan fingerprint density at radius 1 is 0.944 bits per heavy atom. The van der Waals surface area contributed by atoms with E-state index in [1.54, 1.807) is 14.0 Å². The lowest BCUT2D eigenvalue weighted by Crippen LogP contribution is -1.88. The fraction of sp³-hybridized carbons (Fsp3) is 0.188. The van der Waals surface area contributed by atoms with Crippen molar-refractivity contribution in [2.45, 2.75) is 13.8 Å². The molecule has 0 fully saturated rings. The highest BCUT2D eigenvalue weighted by Crippen LogP contribution is 2.09. The molecule has 0 spiro atoms. The normalized spacial score (nSPS) is 9.06. The number of rotatable bonds is 2. The van der Waals surface area contributed by atoms with Gasteiger partial charge in [0.05, 0.1) is 7.11 Å². The average Bonchev–Trinajstić information content (AvgIpc) is 2.41. The lowest BCUT2D eigenvalue weighted by molar-refractivity contribution is 0.101. The SMILES string of the molecule is CC(=O)c1ccccc1.COc1ccc(C)cc1. The monoisotopic (exact) mass is 242 g/mol. The molecule has 0 bridgehead atoms. The molecule has 2 aromatic rings. The van der Waals surface area contributed by atoms with Gasteiger partial charge >= 0.3 is 0 Å². The summed E-state index contributed by atoms with van der Waals surface area (Å²) in [5.74, 6) is 1.04. The molecule has 0 saturated carbocycles. The number of hydrogen-bond acceptors (Lipinski definition) is 2. The summed E-state index contributed by atoms with van der Waals surface area (Å²) in [6.45, 7) is 3.62. The van der Waals surface area contributed by atoms with E-state index in [-0.39, 0.29) is 5.78 Å². The highest BCUT2D eigenvalue weighted by atomic mass is 16.5. The highest BCUT2D eigenvalue weighted by molar-refractivity contribution is 5.93. The number of carbonyl (C=O) groups is 1. The first-order valence-electron chi connectivity index (χ1n) is 5.80. The minimum Gasteiger partial charge on any atom is -0.497 e. The molecule has 94 valence electrons. The van der Waals surface area contributed by atoms with Gasteiger partial charge in [-0.1, -0.05) is 48.0 Å². The van der Waals surface area contributed by atoms with Crippen molar-refractivity contribution in [3.63, 3.8) is 0 Å². The van der Waals surface area contributed by atoms with Gasteiger partial charge in [0, 0.05) is 5.56 Å². The van der Waals surface area contributed by atoms with Crippen molar-refractivity contribution in [3.8, 4) is 5.75 Å². The van der Waals surface area contributed by atoms with E-state index in [1.807, 2.05) is 54.6 Å². The number of ether oxygens (including phenoxy) is 1. The van der Waals surface area contributed by atoms with Crippen molar-refractivity contribution in [1.29, 1.82) is 0 Å². The third-order valence-electron chi connectivity index (χ3n) is 2.44.